The lowest BCUT2D eigenvalue weighted by Crippen LogP contribution is -2.46. The molecule has 0 spiro atoms. The molecule has 1 aliphatic rings. The number of benzene rings is 1. The number of alkyl halides is 2. The van der Waals surface area contributed by atoms with E-state index in [9.17, 15) is 18.4 Å². The van der Waals surface area contributed by atoms with Crippen molar-refractivity contribution in [2.24, 2.45) is 0 Å². The fourth-order valence-electron chi connectivity index (χ4n) is 2.30. The molecule has 0 bridgehead atoms. The summed E-state index contributed by atoms with van der Waals surface area (Å²) >= 11 is 0. The first-order valence-electron chi connectivity index (χ1n) is 6.73. The van der Waals surface area contributed by atoms with Crippen molar-refractivity contribution in [3.8, 4) is 5.75 Å². The summed E-state index contributed by atoms with van der Waals surface area (Å²) in [5.41, 5.74) is 1.28. The van der Waals surface area contributed by atoms with E-state index in [0.29, 0.717) is 11.3 Å². The highest BCUT2D eigenvalue weighted by Crippen LogP contribution is 2.31. The van der Waals surface area contributed by atoms with E-state index in [0.717, 1.165) is 0 Å². The summed E-state index contributed by atoms with van der Waals surface area (Å²) in [6.45, 7) is -1.29. The van der Waals surface area contributed by atoms with Crippen molar-refractivity contribution in [3.63, 3.8) is 0 Å². The fourth-order valence-corrected chi connectivity index (χ4v) is 2.30. The molecule has 6 nitrogen and oxygen atoms in total. The van der Waals surface area contributed by atoms with Gasteiger partial charge in [-0.2, -0.15) is 8.78 Å². The Morgan fingerprint density at radius 3 is 2.43 bits per heavy atom. The molecule has 0 aromatic heterocycles. The summed E-state index contributed by atoms with van der Waals surface area (Å²) in [5.74, 6) is -0.587. The Hall–Kier alpha value is -2.64. The number of hydrogen-bond donors (Lipinski definition) is 1. The molecule has 1 aliphatic heterocycles. The average molecular weight is 326 g/mol. The second-order valence-electron chi connectivity index (χ2n) is 4.88. The minimum absolute atomic E-state index is 0.0108. The number of allylic oxidation sites excluding steroid dienone is 1. The van der Waals surface area contributed by atoms with Gasteiger partial charge in [-0.15, -0.1) is 0 Å². The van der Waals surface area contributed by atoms with E-state index < -0.39 is 18.6 Å². The molecule has 1 aromatic rings. The topological polar surface area (TPSA) is 67.9 Å². The van der Waals surface area contributed by atoms with Crippen LogP contribution >= 0.6 is 0 Å². The molecule has 0 radical (unpaired) electrons. The standard InChI is InChI=1S/C15H16F2N2O4/c1-8-11(13(20)22-3)12(18-15(21)19(8)2)9-4-6-10(7-5-9)23-14(16)17/h4-7,12,14H,1-3H3,(H,18,21). The van der Waals surface area contributed by atoms with Crippen molar-refractivity contribution < 1.29 is 27.8 Å². The van der Waals surface area contributed by atoms with Gasteiger partial charge in [0.1, 0.15) is 5.75 Å². The van der Waals surface area contributed by atoms with Crippen molar-refractivity contribution in [1.29, 1.82) is 0 Å². The highest BCUT2D eigenvalue weighted by atomic mass is 19.3. The number of urea groups is 1. The second-order valence-corrected chi connectivity index (χ2v) is 4.88. The Morgan fingerprint density at radius 2 is 1.91 bits per heavy atom. The Labute approximate surface area is 131 Å². The zero-order chi connectivity index (χ0) is 17.1. The lowest BCUT2D eigenvalue weighted by molar-refractivity contribution is -0.136. The van der Waals surface area contributed by atoms with Crippen LogP contribution in [0, 0.1) is 0 Å². The first kappa shape index (κ1) is 16.7. The minimum Gasteiger partial charge on any atom is -0.466 e. The lowest BCUT2D eigenvalue weighted by Gasteiger charge is -2.33. The number of ether oxygens (including phenoxy) is 2. The number of carbonyl (C=O) groups excluding carboxylic acids is 2. The molecule has 1 atom stereocenters. The number of methoxy groups -OCH3 is 1. The third kappa shape index (κ3) is 3.41. The van der Waals surface area contributed by atoms with Gasteiger partial charge in [0.15, 0.2) is 0 Å². The number of nitrogens with zero attached hydrogens (tertiary/aromatic N) is 1. The molecule has 1 aromatic carbocycles. The van der Waals surface area contributed by atoms with Crippen LogP contribution in [-0.2, 0) is 9.53 Å². The van der Waals surface area contributed by atoms with Crippen molar-refractivity contribution in [1.82, 2.24) is 10.2 Å². The number of rotatable bonds is 4. The van der Waals surface area contributed by atoms with Crippen LogP contribution in [0.2, 0.25) is 0 Å². The molecule has 0 saturated carbocycles. The molecule has 0 aliphatic carbocycles. The molecule has 23 heavy (non-hydrogen) atoms. The second kappa shape index (κ2) is 6.64. The maximum atomic E-state index is 12.2. The van der Waals surface area contributed by atoms with Gasteiger partial charge in [0.2, 0.25) is 0 Å². The Balaban J connectivity index is 2.39. The summed E-state index contributed by atoms with van der Waals surface area (Å²) in [7, 11) is 2.78. The summed E-state index contributed by atoms with van der Waals surface area (Å²) < 4.78 is 33.4. The van der Waals surface area contributed by atoms with Gasteiger partial charge in [0, 0.05) is 12.7 Å². The number of hydrogen-bond acceptors (Lipinski definition) is 4. The molecule has 0 saturated heterocycles. The first-order chi connectivity index (χ1) is 10.8. The van der Waals surface area contributed by atoms with Crippen LogP contribution in [-0.4, -0.2) is 37.7 Å². The number of nitrogens with one attached hydrogen (secondary N) is 1. The normalized spacial score (nSPS) is 18.1. The summed E-state index contributed by atoms with van der Waals surface area (Å²) in [6, 6.07) is 4.58. The molecule has 2 rings (SSSR count). The quantitative estimate of drug-likeness (QED) is 0.863. The zero-order valence-corrected chi connectivity index (χ0v) is 12.8. The number of carbonyl (C=O) groups is 2. The van der Waals surface area contributed by atoms with Gasteiger partial charge < -0.3 is 19.7 Å². The van der Waals surface area contributed by atoms with Gasteiger partial charge in [0.25, 0.3) is 0 Å². The van der Waals surface area contributed by atoms with Gasteiger partial charge >= 0.3 is 18.6 Å². The Morgan fingerprint density at radius 1 is 1.30 bits per heavy atom. The molecule has 2 amide bonds. The molecular weight excluding hydrogens is 310 g/mol. The van der Waals surface area contributed by atoms with E-state index in [4.69, 9.17) is 4.74 Å². The van der Waals surface area contributed by atoms with Crippen molar-refractivity contribution >= 4 is 12.0 Å². The van der Waals surface area contributed by atoms with Crippen LogP contribution < -0.4 is 10.1 Å². The van der Waals surface area contributed by atoms with Gasteiger partial charge in [0.05, 0.1) is 18.7 Å². The molecular formula is C15H16F2N2O4. The summed E-state index contributed by atoms with van der Waals surface area (Å²) in [5, 5.41) is 2.68. The third-order valence-corrected chi connectivity index (χ3v) is 3.60. The van der Waals surface area contributed by atoms with Crippen LogP contribution in [0.1, 0.15) is 18.5 Å². The van der Waals surface area contributed by atoms with E-state index in [-0.39, 0.29) is 17.4 Å². The number of halogens is 2. The molecule has 8 heteroatoms. The Bertz CT molecular complexity index is 643. The predicted molar refractivity (Wildman–Crippen MR) is 76.8 cm³/mol. The molecule has 1 heterocycles. The maximum absolute atomic E-state index is 12.2. The first-order valence-corrected chi connectivity index (χ1v) is 6.73. The third-order valence-electron chi connectivity index (χ3n) is 3.60. The van der Waals surface area contributed by atoms with Crippen LogP contribution in [0.5, 0.6) is 5.75 Å². The zero-order valence-electron chi connectivity index (χ0n) is 12.8. The predicted octanol–water partition coefficient (Wildman–Crippen LogP) is 2.43. The van der Waals surface area contributed by atoms with E-state index in [1.165, 1.54) is 43.3 Å². The Kier molecular flexibility index (Phi) is 4.83. The monoisotopic (exact) mass is 326 g/mol. The average Bonchev–Trinajstić information content (AvgIpc) is 2.52. The van der Waals surface area contributed by atoms with Crippen LogP contribution in [0.25, 0.3) is 0 Å². The van der Waals surface area contributed by atoms with E-state index in [1.54, 1.807) is 6.92 Å². The summed E-state index contributed by atoms with van der Waals surface area (Å²) in [4.78, 5) is 25.3. The van der Waals surface area contributed by atoms with Gasteiger partial charge in [-0.25, -0.2) is 9.59 Å². The molecule has 0 fully saturated rings. The molecule has 124 valence electrons. The van der Waals surface area contributed by atoms with Crippen molar-refractivity contribution in [2.75, 3.05) is 14.2 Å². The SMILES string of the molecule is COC(=O)C1=C(C)N(C)C(=O)NC1c1ccc(OC(F)F)cc1. The molecule has 1 unspecified atom stereocenters. The highest BCUT2D eigenvalue weighted by molar-refractivity contribution is 5.94. The van der Waals surface area contributed by atoms with E-state index in [2.05, 4.69) is 10.1 Å². The lowest BCUT2D eigenvalue weighted by atomic mass is 9.95. The van der Waals surface area contributed by atoms with Crippen LogP contribution in [0.15, 0.2) is 35.5 Å². The van der Waals surface area contributed by atoms with Gasteiger partial charge in [-0.05, 0) is 24.6 Å². The van der Waals surface area contributed by atoms with E-state index in [1.807, 2.05) is 0 Å². The van der Waals surface area contributed by atoms with Crippen molar-refractivity contribution in [3.05, 3.63) is 41.1 Å². The maximum Gasteiger partial charge on any atom is 0.387 e. The minimum atomic E-state index is -2.92. The van der Waals surface area contributed by atoms with Gasteiger partial charge in [-0.3, -0.25) is 0 Å². The number of amides is 2. The van der Waals surface area contributed by atoms with E-state index >= 15 is 0 Å². The smallest absolute Gasteiger partial charge is 0.387 e. The number of esters is 1. The fraction of sp³-hybridized carbons (Fsp3) is 0.333. The highest BCUT2D eigenvalue weighted by Gasteiger charge is 2.34. The van der Waals surface area contributed by atoms with Gasteiger partial charge in [-0.1, -0.05) is 12.1 Å². The van der Waals surface area contributed by atoms with Crippen LogP contribution in [0.3, 0.4) is 0 Å². The van der Waals surface area contributed by atoms with Crippen LogP contribution in [0.4, 0.5) is 13.6 Å². The summed E-state index contributed by atoms with van der Waals surface area (Å²) in [6.07, 6.45) is 0. The largest absolute Gasteiger partial charge is 0.466 e. The molecule has 1 N–H and O–H groups in total. The van der Waals surface area contributed by atoms with Crippen molar-refractivity contribution in [2.45, 2.75) is 19.6 Å².